The molecule has 0 aliphatic carbocycles. The number of anilines is 1. The van der Waals surface area contributed by atoms with E-state index in [2.05, 4.69) is 10.3 Å². The largest absolute Gasteiger partial charge is 0.497 e. The van der Waals surface area contributed by atoms with E-state index < -0.39 is 11.2 Å². The smallest absolute Gasteiger partial charge is 0.335 e. The Kier molecular flexibility index (Phi) is 7.23. The van der Waals surface area contributed by atoms with Crippen LogP contribution in [0.4, 0.5) is 5.69 Å². The molecule has 0 aromatic heterocycles. The number of amides is 2. The first-order valence-electron chi connectivity index (χ1n) is 11.9. The molecule has 3 aromatic rings. The number of rotatable bonds is 7. The zero-order chi connectivity index (χ0) is 26.6. The Hall–Kier alpha value is -4.44. The number of ether oxygens (including phenoxy) is 1. The third-order valence-electron chi connectivity index (χ3n) is 6.23. The molecule has 192 valence electrons. The number of aliphatic imine (C=N–C) groups is 1. The van der Waals surface area contributed by atoms with Gasteiger partial charge in [-0.25, -0.2) is 9.80 Å². The summed E-state index contributed by atoms with van der Waals surface area (Å²) in [5.74, 6) is -1.04. The fourth-order valence-corrected chi connectivity index (χ4v) is 5.32. The average Bonchev–Trinajstić information content (AvgIpc) is 3.53. The van der Waals surface area contributed by atoms with Gasteiger partial charge in [0.1, 0.15) is 11.0 Å². The molecule has 10 heteroatoms. The van der Waals surface area contributed by atoms with E-state index in [0.717, 1.165) is 22.6 Å². The number of amidine groups is 1. The molecule has 2 heterocycles. The van der Waals surface area contributed by atoms with Gasteiger partial charge in [-0.15, -0.1) is 0 Å². The van der Waals surface area contributed by atoms with Crippen LogP contribution >= 0.6 is 11.8 Å². The molecular weight excluding hydrogens is 504 g/mol. The number of carbonyl (C=O) groups excluding carboxylic acids is 2. The van der Waals surface area contributed by atoms with Gasteiger partial charge in [-0.3, -0.25) is 9.59 Å². The Balaban J connectivity index is 1.31. The van der Waals surface area contributed by atoms with Crippen LogP contribution in [0.25, 0.3) is 0 Å². The third kappa shape index (κ3) is 5.45. The Morgan fingerprint density at radius 1 is 1.05 bits per heavy atom. The molecule has 2 aliphatic rings. The first-order chi connectivity index (χ1) is 18.4. The van der Waals surface area contributed by atoms with Crippen molar-refractivity contribution in [1.82, 2.24) is 5.01 Å². The topological polar surface area (TPSA) is 121 Å². The summed E-state index contributed by atoms with van der Waals surface area (Å²) in [7, 11) is 1.62. The monoisotopic (exact) mass is 528 g/mol. The van der Waals surface area contributed by atoms with Crippen molar-refractivity contribution in [2.75, 3.05) is 12.4 Å². The van der Waals surface area contributed by atoms with Crippen LogP contribution in [0.15, 0.2) is 89.0 Å². The van der Waals surface area contributed by atoms with Crippen molar-refractivity contribution < 1.29 is 24.2 Å². The van der Waals surface area contributed by atoms with E-state index in [0.29, 0.717) is 17.3 Å². The average molecular weight is 529 g/mol. The maximum absolute atomic E-state index is 12.8. The second kappa shape index (κ2) is 10.9. The molecule has 0 spiro atoms. The number of hydrogen-bond acceptors (Lipinski definition) is 7. The van der Waals surface area contributed by atoms with Gasteiger partial charge in [-0.2, -0.15) is 10.1 Å². The predicted molar refractivity (Wildman–Crippen MR) is 146 cm³/mol. The van der Waals surface area contributed by atoms with E-state index in [4.69, 9.17) is 14.9 Å². The van der Waals surface area contributed by atoms with E-state index in [1.165, 1.54) is 36.0 Å². The summed E-state index contributed by atoms with van der Waals surface area (Å²) >= 11 is 1.22. The summed E-state index contributed by atoms with van der Waals surface area (Å²) in [4.78, 5) is 40.7. The summed E-state index contributed by atoms with van der Waals surface area (Å²) in [6.45, 7) is 0. The van der Waals surface area contributed by atoms with Crippen LogP contribution in [0, 0.1) is 0 Å². The van der Waals surface area contributed by atoms with Crippen molar-refractivity contribution in [3.63, 3.8) is 0 Å². The fourth-order valence-electron chi connectivity index (χ4n) is 4.26. The second-order valence-electron chi connectivity index (χ2n) is 8.72. The van der Waals surface area contributed by atoms with Gasteiger partial charge in [0.15, 0.2) is 5.17 Å². The highest BCUT2D eigenvalue weighted by Crippen LogP contribution is 2.38. The first-order valence-corrected chi connectivity index (χ1v) is 12.8. The molecule has 5 rings (SSSR count). The molecule has 38 heavy (non-hydrogen) atoms. The van der Waals surface area contributed by atoms with Crippen LogP contribution < -0.4 is 10.1 Å². The lowest BCUT2D eigenvalue weighted by Gasteiger charge is -2.23. The quantitative estimate of drug-likeness (QED) is 0.461. The molecule has 2 N–H and O–H groups in total. The number of carboxylic acids is 1. The van der Waals surface area contributed by atoms with Crippen LogP contribution in [-0.2, 0) is 9.59 Å². The van der Waals surface area contributed by atoms with Crippen LogP contribution in [0.5, 0.6) is 5.75 Å². The lowest BCUT2D eigenvalue weighted by Crippen LogP contribution is -2.25. The molecule has 0 bridgehead atoms. The van der Waals surface area contributed by atoms with Crippen molar-refractivity contribution in [2.24, 2.45) is 10.1 Å². The van der Waals surface area contributed by atoms with Gasteiger partial charge in [0, 0.05) is 18.5 Å². The third-order valence-corrected chi connectivity index (χ3v) is 7.37. The summed E-state index contributed by atoms with van der Waals surface area (Å²) in [6, 6.07) is 23.3. The van der Waals surface area contributed by atoms with Gasteiger partial charge in [-0.05, 0) is 59.7 Å². The molecule has 0 radical (unpaired) electrons. The normalized spacial score (nSPS) is 18.7. The highest BCUT2D eigenvalue weighted by atomic mass is 32.2. The van der Waals surface area contributed by atoms with Crippen molar-refractivity contribution in [2.45, 2.75) is 24.1 Å². The van der Waals surface area contributed by atoms with Crippen LogP contribution in [0.3, 0.4) is 0 Å². The van der Waals surface area contributed by atoms with Gasteiger partial charge in [0.2, 0.25) is 5.91 Å². The van der Waals surface area contributed by atoms with E-state index in [-0.39, 0.29) is 29.8 Å². The van der Waals surface area contributed by atoms with E-state index >= 15 is 0 Å². The summed E-state index contributed by atoms with van der Waals surface area (Å²) in [6.07, 6.45) is 0.553. The summed E-state index contributed by atoms with van der Waals surface area (Å²) in [5.41, 5.74) is 3.43. The van der Waals surface area contributed by atoms with Gasteiger partial charge < -0.3 is 15.2 Å². The number of hydrogen-bond donors (Lipinski definition) is 2. The molecule has 0 fully saturated rings. The summed E-state index contributed by atoms with van der Waals surface area (Å²) in [5, 5.41) is 18.1. The maximum Gasteiger partial charge on any atom is 0.335 e. The number of methoxy groups -OCH3 is 1. The second-order valence-corrected chi connectivity index (χ2v) is 9.89. The van der Waals surface area contributed by atoms with Gasteiger partial charge in [0.05, 0.1) is 24.4 Å². The number of nitrogens with one attached hydrogen (secondary N) is 1. The lowest BCUT2D eigenvalue weighted by atomic mass is 9.98. The Bertz CT molecular complexity index is 1420. The van der Waals surface area contributed by atoms with Gasteiger partial charge in [0.25, 0.3) is 5.91 Å². The Labute approximate surface area is 223 Å². The maximum atomic E-state index is 12.8. The van der Waals surface area contributed by atoms with E-state index in [9.17, 15) is 14.4 Å². The number of aromatic carboxylic acids is 1. The molecule has 2 amide bonds. The van der Waals surface area contributed by atoms with Gasteiger partial charge in [-0.1, -0.05) is 42.1 Å². The highest BCUT2D eigenvalue weighted by Gasteiger charge is 2.39. The minimum Gasteiger partial charge on any atom is -0.497 e. The molecule has 0 saturated carbocycles. The number of carboxylic acid groups (broad SMARTS) is 1. The molecule has 2 aliphatic heterocycles. The zero-order valence-corrected chi connectivity index (χ0v) is 21.2. The fraction of sp³-hybridized carbons (Fsp3) is 0.179. The molecule has 2 atom stereocenters. The van der Waals surface area contributed by atoms with Crippen LogP contribution in [0.1, 0.15) is 40.4 Å². The van der Waals surface area contributed by atoms with E-state index in [1.807, 2.05) is 54.6 Å². The van der Waals surface area contributed by atoms with Crippen molar-refractivity contribution in [3.05, 3.63) is 95.6 Å². The number of thioether (sulfide) groups is 1. The van der Waals surface area contributed by atoms with Crippen molar-refractivity contribution >= 4 is 46.1 Å². The molecule has 2 unspecified atom stereocenters. The zero-order valence-electron chi connectivity index (χ0n) is 20.4. The standard InChI is InChI=1S/C28H24N4O5S/c1-37-21-13-9-17(10-14-21)22-15-23(18-5-3-2-4-6-18)32(31-22)28-30-26(34)24(38-28)16-25(33)29-20-11-7-19(8-12-20)27(35)36/h2-14,23-24H,15-16H2,1H3,(H,29,33)(H,35,36). The minimum absolute atomic E-state index is 0.0733. The highest BCUT2D eigenvalue weighted by molar-refractivity contribution is 8.15. The van der Waals surface area contributed by atoms with Gasteiger partial charge >= 0.3 is 5.97 Å². The van der Waals surface area contributed by atoms with Crippen LogP contribution in [-0.4, -0.2) is 51.1 Å². The van der Waals surface area contributed by atoms with E-state index in [1.54, 1.807) is 12.1 Å². The molecule has 9 nitrogen and oxygen atoms in total. The minimum atomic E-state index is -1.05. The SMILES string of the molecule is COc1ccc(C2=NN(C3=NC(=O)C(CC(=O)Nc4ccc(C(=O)O)cc4)S3)C(c3ccccc3)C2)cc1. The van der Waals surface area contributed by atoms with Crippen LogP contribution in [0.2, 0.25) is 0 Å². The number of hydrazone groups is 1. The number of nitrogens with zero attached hydrogens (tertiary/aromatic N) is 3. The number of carbonyl (C=O) groups is 3. The first kappa shape index (κ1) is 25.2. The predicted octanol–water partition coefficient (Wildman–Crippen LogP) is 4.57. The molecule has 0 saturated heterocycles. The van der Waals surface area contributed by atoms with Crippen molar-refractivity contribution in [3.8, 4) is 5.75 Å². The Morgan fingerprint density at radius 3 is 2.42 bits per heavy atom. The van der Waals surface area contributed by atoms with Crippen molar-refractivity contribution in [1.29, 1.82) is 0 Å². The molecular formula is C28H24N4O5S. The number of benzene rings is 3. The molecule has 3 aromatic carbocycles. The Morgan fingerprint density at radius 2 is 1.76 bits per heavy atom. The lowest BCUT2D eigenvalue weighted by molar-refractivity contribution is -0.121. The summed E-state index contributed by atoms with van der Waals surface area (Å²) < 4.78 is 5.27.